The molecule has 0 saturated heterocycles. The Bertz CT molecular complexity index is 120. The maximum atomic E-state index is 9.56. The highest BCUT2D eigenvalue weighted by Crippen LogP contribution is 2.28. The standard InChI is InChI=1S/C11H21O/c1-9(2)7-10-5-3-4-6-11(12)8-10/h10-12H,3-8H2,1-2H3. The lowest BCUT2D eigenvalue weighted by Gasteiger charge is -2.17. The van der Waals surface area contributed by atoms with Crippen molar-refractivity contribution in [3.05, 3.63) is 5.92 Å². The highest BCUT2D eigenvalue weighted by Gasteiger charge is 2.18. The number of hydrogen-bond acceptors (Lipinski definition) is 1. The highest BCUT2D eigenvalue weighted by molar-refractivity contribution is 4.83. The summed E-state index contributed by atoms with van der Waals surface area (Å²) < 4.78 is 0. The van der Waals surface area contributed by atoms with Crippen LogP contribution in [0.25, 0.3) is 0 Å². The van der Waals surface area contributed by atoms with Gasteiger partial charge in [0.15, 0.2) is 0 Å². The largest absolute Gasteiger partial charge is 0.393 e. The van der Waals surface area contributed by atoms with Gasteiger partial charge in [0.25, 0.3) is 0 Å². The Morgan fingerprint density at radius 1 is 1.25 bits per heavy atom. The number of rotatable bonds is 2. The van der Waals surface area contributed by atoms with E-state index in [1.807, 2.05) is 0 Å². The summed E-state index contributed by atoms with van der Waals surface area (Å²) in [7, 11) is 0. The quantitative estimate of drug-likeness (QED) is 0.630. The monoisotopic (exact) mass is 169 g/mol. The van der Waals surface area contributed by atoms with Crippen LogP contribution in [-0.2, 0) is 0 Å². The molecule has 1 saturated carbocycles. The molecular weight excluding hydrogens is 148 g/mol. The molecule has 1 aliphatic carbocycles. The van der Waals surface area contributed by atoms with Crippen LogP contribution < -0.4 is 0 Å². The fourth-order valence-electron chi connectivity index (χ4n) is 2.20. The molecule has 71 valence electrons. The van der Waals surface area contributed by atoms with Gasteiger partial charge in [-0.05, 0) is 31.1 Å². The van der Waals surface area contributed by atoms with E-state index in [0.29, 0.717) is 0 Å². The van der Waals surface area contributed by atoms with E-state index in [4.69, 9.17) is 0 Å². The first kappa shape index (κ1) is 10.0. The van der Waals surface area contributed by atoms with Crippen LogP contribution in [0.2, 0.25) is 0 Å². The van der Waals surface area contributed by atoms with Gasteiger partial charge >= 0.3 is 0 Å². The lowest BCUT2D eigenvalue weighted by atomic mass is 9.90. The van der Waals surface area contributed by atoms with Gasteiger partial charge in [-0.25, -0.2) is 0 Å². The van der Waals surface area contributed by atoms with E-state index in [1.54, 1.807) is 0 Å². The average molecular weight is 169 g/mol. The third-order valence-corrected chi connectivity index (χ3v) is 2.70. The Labute approximate surface area is 76.2 Å². The second-order valence-corrected chi connectivity index (χ2v) is 4.45. The molecule has 1 aliphatic rings. The van der Waals surface area contributed by atoms with Crippen molar-refractivity contribution in [2.75, 3.05) is 0 Å². The van der Waals surface area contributed by atoms with Gasteiger partial charge in [-0.2, -0.15) is 0 Å². The van der Waals surface area contributed by atoms with Gasteiger partial charge in [0, 0.05) is 0 Å². The average Bonchev–Trinajstić information content (AvgIpc) is 2.12. The van der Waals surface area contributed by atoms with Gasteiger partial charge in [0.05, 0.1) is 6.10 Å². The van der Waals surface area contributed by atoms with Crippen LogP contribution in [0.3, 0.4) is 0 Å². The Morgan fingerprint density at radius 2 is 1.92 bits per heavy atom. The number of aliphatic hydroxyl groups excluding tert-OH is 1. The van der Waals surface area contributed by atoms with Crippen molar-refractivity contribution in [1.82, 2.24) is 0 Å². The van der Waals surface area contributed by atoms with Crippen molar-refractivity contribution in [3.8, 4) is 0 Å². The molecule has 0 bridgehead atoms. The third kappa shape index (κ3) is 3.57. The molecule has 0 aromatic heterocycles. The summed E-state index contributed by atoms with van der Waals surface area (Å²) in [6.45, 7) is 4.38. The molecule has 2 unspecified atom stereocenters. The SMILES string of the molecule is C[C](C)CC1CCCCC(O)C1. The number of hydrogen-bond donors (Lipinski definition) is 1. The summed E-state index contributed by atoms with van der Waals surface area (Å²) >= 11 is 0. The predicted octanol–water partition coefficient (Wildman–Crippen LogP) is 2.93. The molecule has 1 radical (unpaired) electrons. The van der Waals surface area contributed by atoms with E-state index in [0.717, 1.165) is 18.8 Å². The maximum absolute atomic E-state index is 9.56. The van der Waals surface area contributed by atoms with E-state index < -0.39 is 0 Å². The molecule has 1 fully saturated rings. The van der Waals surface area contributed by atoms with Crippen molar-refractivity contribution < 1.29 is 5.11 Å². The zero-order chi connectivity index (χ0) is 8.97. The third-order valence-electron chi connectivity index (χ3n) is 2.70. The van der Waals surface area contributed by atoms with Crippen LogP contribution in [0.1, 0.15) is 52.4 Å². The molecule has 0 aromatic rings. The van der Waals surface area contributed by atoms with Crippen LogP contribution in [0.5, 0.6) is 0 Å². The first-order chi connectivity index (χ1) is 5.68. The molecule has 0 aromatic carbocycles. The van der Waals surface area contributed by atoms with Crippen LogP contribution in [0.4, 0.5) is 0 Å². The smallest absolute Gasteiger partial charge is 0.0542 e. The van der Waals surface area contributed by atoms with Crippen LogP contribution in [-0.4, -0.2) is 11.2 Å². The Balaban J connectivity index is 2.31. The second kappa shape index (κ2) is 4.86. The fraction of sp³-hybridized carbons (Fsp3) is 0.909. The van der Waals surface area contributed by atoms with Crippen LogP contribution in [0, 0.1) is 11.8 Å². The highest BCUT2D eigenvalue weighted by atomic mass is 16.3. The molecule has 0 aliphatic heterocycles. The van der Waals surface area contributed by atoms with E-state index in [9.17, 15) is 5.11 Å². The van der Waals surface area contributed by atoms with Crippen molar-refractivity contribution in [3.63, 3.8) is 0 Å². The van der Waals surface area contributed by atoms with E-state index >= 15 is 0 Å². The topological polar surface area (TPSA) is 20.2 Å². The summed E-state index contributed by atoms with van der Waals surface area (Å²) in [4.78, 5) is 0. The lowest BCUT2D eigenvalue weighted by Crippen LogP contribution is -2.11. The second-order valence-electron chi connectivity index (χ2n) is 4.45. The normalized spacial score (nSPS) is 32.0. The molecule has 0 amide bonds. The van der Waals surface area contributed by atoms with Crippen molar-refractivity contribution in [1.29, 1.82) is 0 Å². The first-order valence-electron chi connectivity index (χ1n) is 5.15. The molecule has 0 spiro atoms. The van der Waals surface area contributed by atoms with Gasteiger partial charge in [0.1, 0.15) is 0 Å². The van der Waals surface area contributed by atoms with E-state index in [-0.39, 0.29) is 6.10 Å². The summed E-state index contributed by atoms with van der Waals surface area (Å²) in [5, 5.41) is 9.56. The summed E-state index contributed by atoms with van der Waals surface area (Å²) in [5.74, 6) is 2.27. The molecule has 1 N–H and O–H groups in total. The van der Waals surface area contributed by atoms with Gasteiger partial charge in [-0.3, -0.25) is 0 Å². The zero-order valence-corrected chi connectivity index (χ0v) is 8.34. The van der Waals surface area contributed by atoms with Gasteiger partial charge < -0.3 is 5.11 Å². The van der Waals surface area contributed by atoms with Crippen molar-refractivity contribution >= 4 is 0 Å². The van der Waals surface area contributed by atoms with Crippen LogP contribution in [0.15, 0.2) is 0 Å². The summed E-state index contributed by atoms with van der Waals surface area (Å²) in [6.07, 6.45) is 7.12. The zero-order valence-electron chi connectivity index (χ0n) is 8.34. The lowest BCUT2D eigenvalue weighted by molar-refractivity contribution is 0.140. The van der Waals surface area contributed by atoms with E-state index in [1.165, 1.54) is 31.6 Å². The molecule has 1 rings (SSSR count). The van der Waals surface area contributed by atoms with Crippen LogP contribution >= 0.6 is 0 Å². The first-order valence-corrected chi connectivity index (χ1v) is 5.15. The summed E-state index contributed by atoms with van der Waals surface area (Å²) in [6, 6.07) is 0. The Kier molecular flexibility index (Phi) is 4.07. The molecule has 1 heteroatoms. The minimum Gasteiger partial charge on any atom is -0.393 e. The van der Waals surface area contributed by atoms with Gasteiger partial charge in [-0.1, -0.05) is 33.1 Å². The molecule has 2 atom stereocenters. The van der Waals surface area contributed by atoms with Crippen molar-refractivity contribution in [2.45, 2.75) is 58.5 Å². The van der Waals surface area contributed by atoms with Gasteiger partial charge in [0.2, 0.25) is 0 Å². The van der Waals surface area contributed by atoms with E-state index in [2.05, 4.69) is 13.8 Å². The molecule has 0 heterocycles. The summed E-state index contributed by atoms with van der Waals surface area (Å²) in [5.41, 5.74) is 0. The minimum atomic E-state index is -0.0168. The molecule has 1 nitrogen and oxygen atoms in total. The van der Waals surface area contributed by atoms with Crippen molar-refractivity contribution in [2.24, 2.45) is 5.92 Å². The maximum Gasteiger partial charge on any atom is 0.0542 e. The Hall–Kier alpha value is -0.0400. The number of aliphatic hydroxyl groups is 1. The minimum absolute atomic E-state index is 0.0168. The fourth-order valence-corrected chi connectivity index (χ4v) is 2.20. The Morgan fingerprint density at radius 3 is 2.58 bits per heavy atom. The molecular formula is C11H21O. The van der Waals surface area contributed by atoms with Gasteiger partial charge in [-0.15, -0.1) is 0 Å². The molecule has 12 heavy (non-hydrogen) atoms. The predicted molar refractivity (Wildman–Crippen MR) is 51.8 cm³/mol.